The van der Waals surface area contributed by atoms with Crippen molar-refractivity contribution in [2.24, 2.45) is 11.8 Å². The smallest absolute Gasteiger partial charge is 0.262 e. The Balaban J connectivity index is 1.36. The molecule has 2 atom stereocenters. The molecule has 150 valence electrons. The van der Waals surface area contributed by atoms with Crippen molar-refractivity contribution in [1.82, 2.24) is 14.5 Å². The van der Waals surface area contributed by atoms with Crippen LogP contribution in [0.1, 0.15) is 32.1 Å². The second-order valence-corrected chi connectivity index (χ2v) is 9.34. The van der Waals surface area contributed by atoms with Gasteiger partial charge in [0.15, 0.2) is 0 Å². The summed E-state index contributed by atoms with van der Waals surface area (Å²) in [6, 6.07) is 11.9. The number of hydrogen-bond acceptors (Lipinski definition) is 4. The van der Waals surface area contributed by atoms with Gasteiger partial charge in [0.1, 0.15) is 11.4 Å². The van der Waals surface area contributed by atoms with Crippen LogP contribution in [0.3, 0.4) is 0 Å². The van der Waals surface area contributed by atoms with Crippen LogP contribution >= 0.6 is 11.3 Å². The number of amides is 1. The molecule has 29 heavy (non-hydrogen) atoms. The number of hydrogen-bond donors (Lipinski definition) is 0. The van der Waals surface area contributed by atoms with Crippen LogP contribution in [-0.2, 0) is 11.3 Å². The van der Waals surface area contributed by atoms with Gasteiger partial charge in [-0.3, -0.25) is 14.2 Å². The van der Waals surface area contributed by atoms with Gasteiger partial charge in [-0.15, -0.1) is 11.3 Å². The summed E-state index contributed by atoms with van der Waals surface area (Å²) >= 11 is 1.51. The predicted octanol–water partition coefficient (Wildman–Crippen LogP) is 4.16. The largest absolute Gasteiger partial charge is 0.341 e. The monoisotopic (exact) mass is 407 g/mol. The maximum Gasteiger partial charge on any atom is 0.262 e. The number of fused-ring (bicyclic) bond motifs is 2. The molecule has 5 rings (SSSR count). The van der Waals surface area contributed by atoms with Gasteiger partial charge in [0, 0.05) is 18.0 Å². The first-order chi connectivity index (χ1) is 14.2. The van der Waals surface area contributed by atoms with E-state index in [1.165, 1.54) is 47.9 Å². The fraction of sp³-hybridized carbons (Fsp3) is 0.435. The first-order valence-electron chi connectivity index (χ1n) is 10.5. The summed E-state index contributed by atoms with van der Waals surface area (Å²) in [5.74, 6) is 1.47. The molecule has 5 nitrogen and oxygen atoms in total. The number of carbonyl (C=O) groups is 1. The van der Waals surface area contributed by atoms with Crippen LogP contribution in [0.25, 0.3) is 20.7 Å². The molecule has 2 aromatic heterocycles. The molecule has 1 amide bonds. The van der Waals surface area contributed by atoms with Gasteiger partial charge in [0.25, 0.3) is 5.56 Å². The van der Waals surface area contributed by atoms with Crippen LogP contribution in [0.5, 0.6) is 0 Å². The molecule has 1 aromatic carbocycles. The van der Waals surface area contributed by atoms with Crippen molar-refractivity contribution < 1.29 is 4.79 Å². The van der Waals surface area contributed by atoms with E-state index in [0.717, 1.165) is 40.7 Å². The zero-order valence-electron chi connectivity index (χ0n) is 16.4. The van der Waals surface area contributed by atoms with E-state index in [4.69, 9.17) is 0 Å². The molecule has 1 aliphatic heterocycles. The Bertz CT molecular complexity index is 1090. The Morgan fingerprint density at radius 1 is 1.10 bits per heavy atom. The summed E-state index contributed by atoms with van der Waals surface area (Å²) in [7, 11) is 0. The minimum Gasteiger partial charge on any atom is -0.341 e. The van der Waals surface area contributed by atoms with E-state index in [-0.39, 0.29) is 18.0 Å². The topological polar surface area (TPSA) is 55.2 Å². The van der Waals surface area contributed by atoms with Crippen LogP contribution in [0, 0.1) is 11.8 Å². The highest BCUT2D eigenvalue weighted by molar-refractivity contribution is 7.21. The summed E-state index contributed by atoms with van der Waals surface area (Å²) in [5, 5.41) is 0.593. The third kappa shape index (κ3) is 3.62. The number of benzene rings is 1. The summed E-state index contributed by atoms with van der Waals surface area (Å²) in [5.41, 5.74) is 0.946. The van der Waals surface area contributed by atoms with E-state index in [1.54, 1.807) is 0 Å². The molecule has 1 saturated heterocycles. The van der Waals surface area contributed by atoms with Crippen LogP contribution < -0.4 is 5.56 Å². The van der Waals surface area contributed by atoms with Crippen LogP contribution in [0.4, 0.5) is 0 Å². The van der Waals surface area contributed by atoms with Crippen LogP contribution in [0.15, 0.2) is 47.5 Å². The molecule has 1 saturated carbocycles. The Kier molecular flexibility index (Phi) is 4.96. The molecule has 6 heteroatoms. The predicted molar refractivity (Wildman–Crippen MR) is 116 cm³/mol. The lowest BCUT2D eigenvalue weighted by Gasteiger charge is -2.41. The van der Waals surface area contributed by atoms with Gasteiger partial charge in [-0.25, -0.2) is 4.98 Å². The van der Waals surface area contributed by atoms with Gasteiger partial charge in [-0.2, -0.15) is 0 Å². The molecule has 0 unspecified atom stereocenters. The number of piperidine rings is 1. The van der Waals surface area contributed by atoms with Crippen LogP contribution in [0.2, 0.25) is 0 Å². The highest BCUT2D eigenvalue weighted by Crippen LogP contribution is 2.36. The first kappa shape index (κ1) is 18.6. The lowest BCUT2D eigenvalue weighted by atomic mass is 9.75. The summed E-state index contributed by atoms with van der Waals surface area (Å²) in [6.07, 6.45) is 7.80. The van der Waals surface area contributed by atoms with Crippen molar-refractivity contribution in [3.63, 3.8) is 0 Å². The Morgan fingerprint density at radius 3 is 2.72 bits per heavy atom. The number of aromatic nitrogens is 2. The lowest BCUT2D eigenvalue weighted by molar-refractivity contribution is -0.135. The van der Waals surface area contributed by atoms with Gasteiger partial charge in [-0.05, 0) is 36.3 Å². The van der Waals surface area contributed by atoms with Crippen LogP contribution in [-0.4, -0.2) is 33.4 Å². The lowest BCUT2D eigenvalue weighted by Crippen LogP contribution is -2.46. The maximum atomic E-state index is 13.0. The molecular weight excluding hydrogens is 382 g/mol. The summed E-state index contributed by atoms with van der Waals surface area (Å²) in [6.45, 7) is 1.75. The minimum absolute atomic E-state index is 0.0378. The van der Waals surface area contributed by atoms with E-state index in [2.05, 4.69) is 4.98 Å². The molecule has 0 radical (unpaired) electrons. The summed E-state index contributed by atoms with van der Waals surface area (Å²) < 4.78 is 1.47. The minimum atomic E-state index is -0.130. The fourth-order valence-corrected chi connectivity index (χ4v) is 5.89. The second kappa shape index (κ2) is 7.75. The fourth-order valence-electron chi connectivity index (χ4n) is 4.89. The number of thiophene rings is 1. The highest BCUT2D eigenvalue weighted by atomic mass is 32.1. The van der Waals surface area contributed by atoms with Crippen molar-refractivity contribution in [1.29, 1.82) is 0 Å². The molecular formula is C23H25N3O2S. The normalized spacial score (nSPS) is 21.9. The molecule has 3 heterocycles. The van der Waals surface area contributed by atoms with E-state index in [1.807, 2.05) is 41.3 Å². The third-order valence-corrected chi connectivity index (χ3v) is 7.62. The molecule has 2 fully saturated rings. The number of carbonyl (C=O) groups excluding carboxylic acids is 1. The maximum absolute atomic E-state index is 13.0. The van der Waals surface area contributed by atoms with Gasteiger partial charge >= 0.3 is 0 Å². The van der Waals surface area contributed by atoms with Gasteiger partial charge < -0.3 is 4.90 Å². The average molecular weight is 408 g/mol. The van der Waals surface area contributed by atoms with Gasteiger partial charge in [0.05, 0.1) is 11.7 Å². The number of rotatable bonds is 3. The van der Waals surface area contributed by atoms with Crippen molar-refractivity contribution in [3.05, 3.63) is 53.1 Å². The molecule has 0 N–H and O–H groups in total. The van der Waals surface area contributed by atoms with Crippen molar-refractivity contribution in [3.8, 4) is 10.4 Å². The highest BCUT2D eigenvalue weighted by Gasteiger charge is 2.33. The van der Waals surface area contributed by atoms with Crippen molar-refractivity contribution >= 4 is 27.5 Å². The van der Waals surface area contributed by atoms with Gasteiger partial charge in [-0.1, -0.05) is 49.6 Å². The van der Waals surface area contributed by atoms with E-state index in [0.29, 0.717) is 11.3 Å². The molecule has 2 aliphatic rings. The number of likely N-dealkylation sites (tertiary alicyclic amines) is 1. The average Bonchev–Trinajstić information content (AvgIpc) is 3.21. The molecule has 0 bridgehead atoms. The van der Waals surface area contributed by atoms with Crippen molar-refractivity contribution in [2.75, 3.05) is 13.1 Å². The zero-order valence-corrected chi connectivity index (χ0v) is 17.2. The van der Waals surface area contributed by atoms with E-state index in [9.17, 15) is 9.59 Å². The standard InChI is InChI=1S/C23H25N3O2S/c27-21(25-11-10-16-6-4-5-9-18(16)13-25)14-26-15-24-22-19(23(26)28)12-20(29-22)17-7-2-1-3-8-17/h1-3,7-8,12,15-16,18H,4-6,9-11,13-14H2/t16-,18+/m1/s1. The first-order valence-corrected chi connectivity index (χ1v) is 11.3. The quantitative estimate of drug-likeness (QED) is 0.655. The molecule has 1 aliphatic carbocycles. The summed E-state index contributed by atoms with van der Waals surface area (Å²) in [4.78, 5) is 34.0. The SMILES string of the molecule is O=C(Cn1cnc2sc(-c3ccccc3)cc2c1=O)N1CC[C@H]2CCCC[C@H]2C1. The number of nitrogens with zero attached hydrogens (tertiary/aromatic N) is 3. The Hall–Kier alpha value is -2.47. The second-order valence-electron chi connectivity index (χ2n) is 8.31. The Morgan fingerprint density at radius 2 is 1.90 bits per heavy atom. The molecule has 0 spiro atoms. The molecule has 3 aromatic rings. The van der Waals surface area contributed by atoms with E-state index < -0.39 is 0 Å². The Labute approximate surface area is 174 Å². The van der Waals surface area contributed by atoms with Crippen molar-refractivity contribution in [2.45, 2.75) is 38.6 Å². The third-order valence-electron chi connectivity index (χ3n) is 6.53. The zero-order chi connectivity index (χ0) is 19.8. The van der Waals surface area contributed by atoms with E-state index >= 15 is 0 Å². The van der Waals surface area contributed by atoms with Gasteiger partial charge in [0.2, 0.25) is 5.91 Å².